The van der Waals surface area contributed by atoms with Crippen LogP contribution >= 0.6 is 0 Å². The number of carbonyl (C=O) groups excluding carboxylic acids is 3. The van der Waals surface area contributed by atoms with E-state index in [1.54, 1.807) is 0 Å². The monoisotopic (exact) mass is 201 g/mol. The summed E-state index contributed by atoms with van der Waals surface area (Å²) in [6.45, 7) is 4.81. The van der Waals surface area contributed by atoms with Gasteiger partial charge in [0.25, 0.3) is 0 Å². The molecule has 1 atom stereocenters. The summed E-state index contributed by atoms with van der Waals surface area (Å²) in [5.74, 6) is -2.59. The number of rotatable bonds is 4. The summed E-state index contributed by atoms with van der Waals surface area (Å²) in [6, 6.07) is -0.849. The standard InChI is InChI=1S/C9H15NO4/c1-5(2)4-7(10)9(13)14-8(12)6(3)11/h5,7H,4,10H2,1-3H3/t7-/m0/s1. The predicted molar refractivity (Wildman–Crippen MR) is 49.2 cm³/mol. The lowest BCUT2D eigenvalue weighted by molar-refractivity contribution is -0.164. The third-order valence-corrected chi connectivity index (χ3v) is 1.51. The van der Waals surface area contributed by atoms with Gasteiger partial charge in [0.05, 0.1) is 0 Å². The third kappa shape index (κ3) is 4.71. The summed E-state index contributed by atoms with van der Waals surface area (Å²) in [4.78, 5) is 32.2. The van der Waals surface area contributed by atoms with Crippen LogP contribution in [0.2, 0.25) is 0 Å². The average molecular weight is 201 g/mol. The number of nitrogens with two attached hydrogens (primary N) is 1. The first-order valence-electron chi connectivity index (χ1n) is 4.36. The highest BCUT2D eigenvalue weighted by Gasteiger charge is 2.21. The molecule has 0 bridgehead atoms. The Morgan fingerprint density at radius 1 is 1.29 bits per heavy atom. The number of ketones is 1. The van der Waals surface area contributed by atoms with Crippen molar-refractivity contribution < 1.29 is 19.1 Å². The third-order valence-electron chi connectivity index (χ3n) is 1.51. The zero-order chi connectivity index (χ0) is 11.3. The molecule has 0 saturated carbocycles. The van der Waals surface area contributed by atoms with E-state index in [2.05, 4.69) is 4.74 Å². The number of carbonyl (C=O) groups is 3. The Morgan fingerprint density at radius 2 is 1.79 bits per heavy atom. The minimum Gasteiger partial charge on any atom is -0.386 e. The van der Waals surface area contributed by atoms with Crippen LogP contribution in [0.5, 0.6) is 0 Å². The van der Waals surface area contributed by atoms with Gasteiger partial charge in [-0.05, 0) is 12.3 Å². The lowest BCUT2D eigenvalue weighted by Gasteiger charge is -2.11. The molecule has 2 N–H and O–H groups in total. The van der Waals surface area contributed by atoms with Crippen molar-refractivity contribution in [2.45, 2.75) is 33.2 Å². The summed E-state index contributed by atoms with van der Waals surface area (Å²) in [6.07, 6.45) is 0.421. The van der Waals surface area contributed by atoms with Crippen LogP contribution in [-0.4, -0.2) is 23.8 Å². The Morgan fingerprint density at radius 3 is 2.14 bits per heavy atom. The molecule has 0 unspecified atom stereocenters. The fourth-order valence-corrected chi connectivity index (χ4v) is 0.843. The highest BCUT2D eigenvalue weighted by atomic mass is 16.6. The predicted octanol–water partition coefficient (Wildman–Crippen LogP) is 0.0186. The van der Waals surface area contributed by atoms with Crippen LogP contribution in [0.25, 0.3) is 0 Å². The molecule has 80 valence electrons. The molecule has 0 aliphatic carbocycles. The smallest absolute Gasteiger partial charge is 0.381 e. The van der Waals surface area contributed by atoms with E-state index >= 15 is 0 Å². The Balaban J connectivity index is 4.08. The van der Waals surface area contributed by atoms with Gasteiger partial charge in [0.1, 0.15) is 6.04 Å². The van der Waals surface area contributed by atoms with E-state index in [0.29, 0.717) is 6.42 Å². The van der Waals surface area contributed by atoms with Gasteiger partial charge < -0.3 is 10.5 Å². The van der Waals surface area contributed by atoms with E-state index in [0.717, 1.165) is 6.92 Å². The number of esters is 2. The molecule has 0 aliphatic heterocycles. The van der Waals surface area contributed by atoms with Crippen LogP contribution in [0.4, 0.5) is 0 Å². The maximum absolute atomic E-state index is 11.1. The SMILES string of the molecule is CC(=O)C(=O)OC(=O)[C@@H](N)CC(C)C. The molecule has 0 aromatic carbocycles. The van der Waals surface area contributed by atoms with Crippen molar-refractivity contribution in [1.82, 2.24) is 0 Å². The van der Waals surface area contributed by atoms with Crippen molar-refractivity contribution in [3.05, 3.63) is 0 Å². The second-order valence-electron chi connectivity index (χ2n) is 3.50. The largest absolute Gasteiger partial charge is 0.386 e. The molecule has 5 nitrogen and oxygen atoms in total. The quantitative estimate of drug-likeness (QED) is 0.393. The summed E-state index contributed by atoms with van der Waals surface area (Å²) in [5, 5.41) is 0. The molecule has 0 saturated heterocycles. The van der Waals surface area contributed by atoms with Gasteiger partial charge in [-0.1, -0.05) is 13.8 Å². The molecule has 0 aromatic heterocycles. The minimum absolute atomic E-state index is 0.227. The number of hydrogen-bond acceptors (Lipinski definition) is 5. The second kappa shape index (κ2) is 5.49. The van der Waals surface area contributed by atoms with E-state index in [-0.39, 0.29) is 5.92 Å². The van der Waals surface area contributed by atoms with Gasteiger partial charge in [-0.15, -0.1) is 0 Å². The van der Waals surface area contributed by atoms with Crippen molar-refractivity contribution in [3.8, 4) is 0 Å². The van der Waals surface area contributed by atoms with E-state index in [9.17, 15) is 14.4 Å². The van der Waals surface area contributed by atoms with Gasteiger partial charge >= 0.3 is 11.9 Å². The van der Waals surface area contributed by atoms with Gasteiger partial charge in [0.15, 0.2) is 0 Å². The van der Waals surface area contributed by atoms with Gasteiger partial charge in [0.2, 0.25) is 5.78 Å². The fraction of sp³-hybridized carbons (Fsp3) is 0.667. The highest BCUT2D eigenvalue weighted by Crippen LogP contribution is 2.04. The van der Waals surface area contributed by atoms with Crippen LogP contribution in [0.3, 0.4) is 0 Å². The second-order valence-corrected chi connectivity index (χ2v) is 3.50. The molecule has 0 spiro atoms. The van der Waals surface area contributed by atoms with Crippen LogP contribution in [0, 0.1) is 5.92 Å². The average Bonchev–Trinajstić information content (AvgIpc) is 2.02. The lowest BCUT2D eigenvalue weighted by Crippen LogP contribution is -2.36. The number of hydrogen-bond donors (Lipinski definition) is 1. The van der Waals surface area contributed by atoms with Crippen molar-refractivity contribution in [3.63, 3.8) is 0 Å². The Hall–Kier alpha value is -1.23. The summed E-state index contributed by atoms with van der Waals surface area (Å²) in [5.41, 5.74) is 5.43. The maximum atomic E-state index is 11.1. The summed E-state index contributed by atoms with van der Waals surface area (Å²) in [7, 11) is 0. The molecular weight excluding hydrogens is 186 g/mol. The van der Waals surface area contributed by atoms with Gasteiger partial charge in [-0.25, -0.2) is 9.59 Å². The van der Waals surface area contributed by atoms with E-state index in [1.807, 2.05) is 13.8 Å². The fourth-order valence-electron chi connectivity index (χ4n) is 0.843. The highest BCUT2D eigenvalue weighted by molar-refractivity contribution is 6.34. The first-order valence-corrected chi connectivity index (χ1v) is 4.36. The van der Waals surface area contributed by atoms with Gasteiger partial charge in [-0.2, -0.15) is 0 Å². The molecule has 0 amide bonds. The first kappa shape index (κ1) is 12.8. The molecule has 14 heavy (non-hydrogen) atoms. The van der Waals surface area contributed by atoms with Crippen LogP contribution in [-0.2, 0) is 19.1 Å². The molecule has 0 fully saturated rings. The first-order chi connectivity index (χ1) is 6.34. The van der Waals surface area contributed by atoms with E-state index < -0.39 is 23.8 Å². The van der Waals surface area contributed by atoms with Crippen molar-refractivity contribution in [2.24, 2.45) is 11.7 Å². The summed E-state index contributed by atoms with van der Waals surface area (Å²) < 4.78 is 4.22. The zero-order valence-electron chi connectivity index (χ0n) is 8.57. The Bertz CT molecular complexity index is 247. The molecule has 0 aliphatic rings. The minimum atomic E-state index is -1.16. The van der Waals surface area contributed by atoms with Crippen molar-refractivity contribution in [1.29, 1.82) is 0 Å². The Labute approximate surface area is 82.6 Å². The Kier molecular flexibility index (Phi) is 5.01. The van der Waals surface area contributed by atoms with Gasteiger partial charge in [0, 0.05) is 6.92 Å². The van der Waals surface area contributed by atoms with Gasteiger partial charge in [-0.3, -0.25) is 4.79 Å². The van der Waals surface area contributed by atoms with Crippen LogP contribution in [0.15, 0.2) is 0 Å². The van der Waals surface area contributed by atoms with Crippen molar-refractivity contribution >= 4 is 17.7 Å². The molecule has 0 aromatic rings. The molecular formula is C9H15NO4. The molecule has 5 heteroatoms. The number of ether oxygens (including phenoxy) is 1. The zero-order valence-corrected chi connectivity index (χ0v) is 8.57. The summed E-state index contributed by atoms with van der Waals surface area (Å²) >= 11 is 0. The maximum Gasteiger partial charge on any atom is 0.381 e. The van der Waals surface area contributed by atoms with E-state index in [4.69, 9.17) is 5.73 Å². The molecule has 0 heterocycles. The number of Topliss-reactive ketones (excluding diaryl/α,β-unsaturated/α-hetero) is 1. The molecule has 0 radical (unpaired) electrons. The van der Waals surface area contributed by atoms with E-state index in [1.165, 1.54) is 0 Å². The van der Waals surface area contributed by atoms with Crippen LogP contribution < -0.4 is 5.73 Å². The molecule has 0 rings (SSSR count). The lowest BCUT2D eigenvalue weighted by atomic mass is 10.1. The van der Waals surface area contributed by atoms with Crippen molar-refractivity contribution in [2.75, 3.05) is 0 Å². The normalized spacial score (nSPS) is 12.4. The topological polar surface area (TPSA) is 86.5 Å². The van der Waals surface area contributed by atoms with Crippen LogP contribution in [0.1, 0.15) is 27.2 Å².